The van der Waals surface area contributed by atoms with Gasteiger partial charge >= 0.3 is 0 Å². The van der Waals surface area contributed by atoms with Crippen LogP contribution >= 0.6 is 0 Å². The van der Waals surface area contributed by atoms with E-state index in [1.54, 1.807) is 19.2 Å². The van der Waals surface area contributed by atoms with Gasteiger partial charge in [0.05, 0.1) is 13.1 Å². The summed E-state index contributed by atoms with van der Waals surface area (Å²) in [5.74, 6) is 6.34. The molecule has 0 bridgehead atoms. The van der Waals surface area contributed by atoms with Crippen molar-refractivity contribution in [1.29, 1.82) is 0 Å². The fraction of sp³-hybridized carbons (Fsp3) is 0.429. The number of nitrogens with zero attached hydrogens (tertiary/aromatic N) is 1. The van der Waals surface area contributed by atoms with Crippen molar-refractivity contribution in [3.8, 4) is 17.6 Å². The molecule has 2 N–H and O–H groups in total. The fourth-order valence-electron chi connectivity index (χ4n) is 1.46. The van der Waals surface area contributed by atoms with Gasteiger partial charge in [-0.25, -0.2) is 8.78 Å². The summed E-state index contributed by atoms with van der Waals surface area (Å²) >= 11 is 0. The predicted octanol–water partition coefficient (Wildman–Crippen LogP) is 1.57. The van der Waals surface area contributed by atoms with Gasteiger partial charge in [-0.2, -0.15) is 0 Å². The third kappa shape index (κ3) is 6.75. The lowest BCUT2D eigenvalue weighted by molar-refractivity contribution is 0.0935. The van der Waals surface area contributed by atoms with Gasteiger partial charge in [0.2, 0.25) is 0 Å². The van der Waals surface area contributed by atoms with Crippen molar-refractivity contribution in [1.82, 2.24) is 4.90 Å². The summed E-state index contributed by atoms with van der Waals surface area (Å²) in [7, 11) is 1.64. The Morgan fingerprint density at radius 1 is 1.42 bits per heavy atom. The molecule has 1 aromatic carbocycles. The predicted molar refractivity (Wildman–Crippen MR) is 71.4 cm³/mol. The molecular weight excluding hydrogens is 250 g/mol. The van der Waals surface area contributed by atoms with Crippen molar-refractivity contribution in [3.05, 3.63) is 29.8 Å². The van der Waals surface area contributed by atoms with Crippen LogP contribution < -0.4 is 10.5 Å². The quantitative estimate of drug-likeness (QED) is 0.796. The maximum Gasteiger partial charge on any atom is 0.251 e. The molecule has 19 heavy (non-hydrogen) atoms. The number of halogens is 2. The van der Waals surface area contributed by atoms with Crippen LogP contribution in [0.25, 0.3) is 0 Å². The van der Waals surface area contributed by atoms with Crippen molar-refractivity contribution in [2.45, 2.75) is 6.43 Å². The zero-order chi connectivity index (χ0) is 14.1. The van der Waals surface area contributed by atoms with Gasteiger partial charge in [0.25, 0.3) is 6.43 Å². The van der Waals surface area contributed by atoms with Gasteiger partial charge < -0.3 is 10.5 Å². The first-order valence-corrected chi connectivity index (χ1v) is 6.00. The zero-order valence-corrected chi connectivity index (χ0v) is 10.9. The lowest BCUT2D eigenvalue weighted by Crippen LogP contribution is -2.28. The van der Waals surface area contributed by atoms with Gasteiger partial charge in [-0.1, -0.05) is 17.9 Å². The van der Waals surface area contributed by atoms with E-state index in [-0.39, 0.29) is 6.54 Å². The van der Waals surface area contributed by atoms with Crippen LogP contribution in [-0.2, 0) is 0 Å². The highest BCUT2D eigenvalue weighted by Crippen LogP contribution is 2.12. The number of ether oxygens (including phenoxy) is 1. The van der Waals surface area contributed by atoms with Crippen molar-refractivity contribution in [3.63, 3.8) is 0 Å². The molecule has 5 heteroatoms. The molecule has 104 valence electrons. The molecule has 1 rings (SSSR count). The molecule has 0 fully saturated rings. The minimum atomic E-state index is -2.32. The first-order chi connectivity index (χ1) is 9.11. The van der Waals surface area contributed by atoms with Gasteiger partial charge in [-0.3, -0.25) is 4.90 Å². The Hall–Kier alpha value is -1.64. The Morgan fingerprint density at radius 2 is 2.21 bits per heavy atom. The SMILES string of the molecule is CN(CCOc1cccc(C#CCN)c1)CC(F)F. The molecule has 0 amide bonds. The second-order valence-corrected chi connectivity index (χ2v) is 4.04. The van der Waals surface area contributed by atoms with E-state index >= 15 is 0 Å². The van der Waals surface area contributed by atoms with Gasteiger partial charge in [-0.05, 0) is 25.2 Å². The van der Waals surface area contributed by atoms with E-state index in [4.69, 9.17) is 10.5 Å². The lowest BCUT2D eigenvalue weighted by atomic mass is 10.2. The molecule has 1 aromatic rings. The van der Waals surface area contributed by atoms with E-state index in [9.17, 15) is 8.78 Å². The monoisotopic (exact) mass is 268 g/mol. The Morgan fingerprint density at radius 3 is 2.89 bits per heavy atom. The van der Waals surface area contributed by atoms with Gasteiger partial charge in [0.1, 0.15) is 12.4 Å². The average molecular weight is 268 g/mol. The van der Waals surface area contributed by atoms with Gasteiger partial charge in [0.15, 0.2) is 0 Å². The molecule has 0 aliphatic rings. The Kier molecular flexibility index (Phi) is 6.86. The number of hydrogen-bond acceptors (Lipinski definition) is 3. The molecule has 0 aliphatic heterocycles. The van der Waals surface area contributed by atoms with Crippen LogP contribution in [0.15, 0.2) is 24.3 Å². The first-order valence-electron chi connectivity index (χ1n) is 6.00. The number of hydrogen-bond donors (Lipinski definition) is 1. The average Bonchev–Trinajstić information content (AvgIpc) is 2.36. The third-order valence-corrected chi connectivity index (χ3v) is 2.36. The lowest BCUT2D eigenvalue weighted by Gasteiger charge is -2.16. The molecule has 0 radical (unpaired) electrons. The van der Waals surface area contributed by atoms with E-state index in [1.807, 2.05) is 12.1 Å². The Labute approximate surface area is 112 Å². The molecule has 0 unspecified atom stereocenters. The second-order valence-electron chi connectivity index (χ2n) is 4.04. The van der Waals surface area contributed by atoms with Crippen LogP contribution in [0.3, 0.4) is 0 Å². The van der Waals surface area contributed by atoms with E-state index in [2.05, 4.69) is 11.8 Å². The molecule has 0 saturated carbocycles. The molecule has 0 aliphatic carbocycles. The van der Waals surface area contributed by atoms with Crippen molar-refractivity contribution >= 4 is 0 Å². The minimum absolute atomic E-state index is 0.245. The fourth-order valence-corrected chi connectivity index (χ4v) is 1.46. The highest BCUT2D eigenvalue weighted by molar-refractivity contribution is 5.39. The van der Waals surface area contributed by atoms with Crippen LogP contribution in [0.5, 0.6) is 5.75 Å². The molecule has 0 spiro atoms. The van der Waals surface area contributed by atoms with Crippen LogP contribution in [0.1, 0.15) is 5.56 Å². The van der Waals surface area contributed by atoms with Crippen LogP contribution in [0.2, 0.25) is 0 Å². The third-order valence-electron chi connectivity index (χ3n) is 2.36. The molecule has 0 atom stereocenters. The second kappa shape index (κ2) is 8.46. The van der Waals surface area contributed by atoms with Crippen molar-refractivity contribution < 1.29 is 13.5 Å². The number of rotatable bonds is 6. The topological polar surface area (TPSA) is 38.5 Å². The smallest absolute Gasteiger partial charge is 0.251 e. The Bertz CT molecular complexity index is 441. The highest BCUT2D eigenvalue weighted by Gasteiger charge is 2.07. The maximum absolute atomic E-state index is 12.1. The number of likely N-dealkylation sites (N-methyl/N-ethyl adjacent to an activating group) is 1. The molecule has 0 aromatic heterocycles. The van der Waals surface area contributed by atoms with Gasteiger partial charge in [0, 0.05) is 12.1 Å². The van der Waals surface area contributed by atoms with E-state index < -0.39 is 6.43 Å². The number of alkyl halides is 2. The maximum atomic E-state index is 12.1. The Balaban J connectivity index is 2.41. The number of nitrogens with two attached hydrogens (primary N) is 1. The summed E-state index contributed by atoms with van der Waals surface area (Å²) in [4.78, 5) is 1.53. The summed E-state index contributed by atoms with van der Waals surface area (Å²) in [6, 6.07) is 7.30. The first kappa shape index (κ1) is 15.4. The van der Waals surface area contributed by atoms with Crippen molar-refractivity contribution in [2.24, 2.45) is 5.73 Å². The van der Waals surface area contributed by atoms with Crippen LogP contribution in [0, 0.1) is 11.8 Å². The molecule has 3 nitrogen and oxygen atoms in total. The molecular formula is C14H18F2N2O. The van der Waals surface area contributed by atoms with E-state index in [0.717, 1.165) is 5.56 Å². The standard InChI is InChI=1S/C14H18F2N2O/c1-18(11-14(15)16)8-9-19-13-6-2-4-12(10-13)5-3-7-17/h2,4,6,10,14H,7-9,11,17H2,1H3. The molecule has 0 heterocycles. The minimum Gasteiger partial charge on any atom is -0.492 e. The van der Waals surface area contributed by atoms with Crippen LogP contribution in [0.4, 0.5) is 8.78 Å². The molecule has 0 saturated heterocycles. The van der Waals surface area contributed by atoms with Crippen molar-refractivity contribution in [2.75, 3.05) is 33.3 Å². The van der Waals surface area contributed by atoms with E-state index in [1.165, 1.54) is 4.90 Å². The summed E-state index contributed by atoms with van der Waals surface area (Å²) < 4.78 is 29.7. The highest BCUT2D eigenvalue weighted by atomic mass is 19.3. The summed E-state index contributed by atoms with van der Waals surface area (Å²) in [6.45, 7) is 0.870. The largest absolute Gasteiger partial charge is 0.492 e. The summed E-state index contributed by atoms with van der Waals surface area (Å²) in [5, 5.41) is 0. The zero-order valence-electron chi connectivity index (χ0n) is 10.9. The van der Waals surface area contributed by atoms with E-state index in [0.29, 0.717) is 25.4 Å². The number of benzene rings is 1. The van der Waals surface area contributed by atoms with Gasteiger partial charge in [-0.15, -0.1) is 0 Å². The summed E-state index contributed by atoms with van der Waals surface area (Å²) in [5.41, 5.74) is 6.12. The summed E-state index contributed by atoms with van der Waals surface area (Å²) in [6.07, 6.45) is -2.32. The van der Waals surface area contributed by atoms with Crippen LogP contribution in [-0.4, -0.2) is 44.6 Å². The normalized spacial score (nSPS) is 10.4.